The molecule has 4 heteroatoms. The lowest BCUT2D eigenvalue weighted by Gasteiger charge is -1.98. The molecule has 1 atom stereocenters. The summed E-state index contributed by atoms with van der Waals surface area (Å²) in [7, 11) is -3.17. The van der Waals surface area contributed by atoms with E-state index in [1.807, 2.05) is 6.92 Å². The molecule has 0 aromatic rings. The zero-order valence-electron chi connectivity index (χ0n) is 4.29. The maximum Gasteiger partial charge on any atom is 0.264 e. The Hall–Kier alpha value is 0.150. The van der Waals surface area contributed by atoms with Gasteiger partial charge in [-0.05, 0) is 6.42 Å². The lowest BCUT2D eigenvalue weighted by Crippen LogP contribution is -1.95. The van der Waals surface area contributed by atoms with Crippen molar-refractivity contribution in [1.82, 2.24) is 0 Å². The van der Waals surface area contributed by atoms with Crippen molar-refractivity contribution in [1.29, 1.82) is 0 Å². The van der Waals surface area contributed by atoms with Crippen molar-refractivity contribution in [2.45, 2.75) is 13.3 Å². The van der Waals surface area contributed by atoms with Crippen LogP contribution in [0.5, 0.6) is 0 Å². The maximum absolute atomic E-state index is 10.1. The van der Waals surface area contributed by atoms with E-state index in [9.17, 15) is 4.57 Å². The Balaban J connectivity index is 3.36. The number of nitrogens with two attached hydrogens (primary N) is 1. The normalized spacial score (nSPS) is 18.7. The molecular weight excluding hydrogens is 113 g/mol. The van der Waals surface area contributed by atoms with Crippen molar-refractivity contribution in [3.05, 3.63) is 0 Å². The Morgan fingerprint density at radius 2 is 2.29 bits per heavy atom. The summed E-state index contributed by atoms with van der Waals surface area (Å²) in [5.74, 6) is 0. The lowest BCUT2D eigenvalue weighted by atomic mass is 10.6. The molecule has 3 N–H and O–H groups in total. The van der Waals surface area contributed by atoms with Crippen LogP contribution in [0, 0.1) is 0 Å². The fourth-order valence-electron chi connectivity index (χ4n) is 0.320. The predicted molar refractivity (Wildman–Crippen MR) is 29.2 cm³/mol. The summed E-state index contributed by atoms with van der Waals surface area (Å²) in [5.41, 5.74) is 4.76. The standard InChI is InChI=1S/C3H10NO2P/c1-2-3-7(4,5)6/h2-3H2,1H3,(H3,4,5,6). The molecule has 0 radical (unpaired) electrons. The van der Waals surface area contributed by atoms with Crippen molar-refractivity contribution in [2.24, 2.45) is 5.50 Å². The Labute approximate surface area is 43.0 Å². The van der Waals surface area contributed by atoms with Crippen LogP contribution in [-0.2, 0) is 4.57 Å². The molecule has 0 aromatic heterocycles. The van der Waals surface area contributed by atoms with Crippen LogP contribution >= 0.6 is 7.52 Å². The second kappa shape index (κ2) is 2.46. The average Bonchev–Trinajstić information content (AvgIpc) is 1.30. The Bertz CT molecular complexity index is 86.9. The topological polar surface area (TPSA) is 63.3 Å². The molecule has 0 saturated carbocycles. The fourth-order valence-corrected chi connectivity index (χ4v) is 0.961. The van der Waals surface area contributed by atoms with Crippen LogP contribution < -0.4 is 5.50 Å². The molecule has 0 aliphatic carbocycles. The van der Waals surface area contributed by atoms with Crippen molar-refractivity contribution < 1.29 is 9.46 Å². The van der Waals surface area contributed by atoms with Gasteiger partial charge in [0.1, 0.15) is 0 Å². The first-order valence-corrected chi connectivity index (χ1v) is 4.08. The number of hydrogen-bond acceptors (Lipinski definition) is 1. The molecule has 0 fully saturated rings. The molecule has 7 heavy (non-hydrogen) atoms. The predicted octanol–water partition coefficient (Wildman–Crippen LogP) is 0.540. The summed E-state index contributed by atoms with van der Waals surface area (Å²) in [5, 5.41) is 0. The Kier molecular flexibility index (Phi) is 2.51. The molecular formula is C3H10NO2P. The molecule has 0 aromatic carbocycles. The molecule has 0 aliphatic rings. The summed E-state index contributed by atoms with van der Waals surface area (Å²) in [4.78, 5) is 8.35. The lowest BCUT2D eigenvalue weighted by molar-refractivity contribution is 0.478. The van der Waals surface area contributed by atoms with Gasteiger partial charge in [-0.25, -0.2) is 0 Å². The fraction of sp³-hybridized carbons (Fsp3) is 1.00. The van der Waals surface area contributed by atoms with Crippen LogP contribution in [0.25, 0.3) is 0 Å². The Morgan fingerprint density at radius 1 is 1.86 bits per heavy atom. The largest absolute Gasteiger partial charge is 0.333 e. The minimum atomic E-state index is -3.17. The van der Waals surface area contributed by atoms with Gasteiger partial charge in [0.2, 0.25) is 0 Å². The van der Waals surface area contributed by atoms with E-state index in [-0.39, 0.29) is 6.16 Å². The molecule has 3 nitrogen and oxygen atoms in total. The molecule has 0 aliphatic heterocycles. The van der Waals surface area contributed by atoms with Gasteiger partial charge in [0, 0.05) is 6.16 Å². The van der Waals surface area contributed by atoms with Gasteiger partial charge in [-0.1, -0.05) is 6.92 Å². The van der Waals surface area contributed by atoms with Crippen LogP contribution in [0.15, 0.2) is 0 Å². The summed E-state index contributed by atoms with van der Waals surface area (Å²) < 4.78 is 10.1. The third-order valence-electron chi connectivity index (χ3n) is 0.544. The summed E-state index contributed by atoms with van der Waals surface area (Å²) in [6, 6.07) is 0. The van der Waals surface area contributed by atoms with E-state index < -0.39 is 7.52 Å². The van der Waals surface area contributed by atoms with Crippen molar-refractivity contribution in [3.63, 3.8) is 0 Å². The van der Waals surface area contributed by atoms with E-state index >= 15 is 0 Å². The second-order valence-electron chi connectivity index (χ2n) is 1.48. The van der Waals surface area contributed by atoms with Crippen molar-refractivity contribution in [3.8, 4) is 0 Å². The Morgan fingerprint density at radius 3 is 2.29 bits per heavy atom. The van der Waals surface area contributed by atoms with E-state index in [0.717, 1.165) is 0 Å². The first-order valence-electron chi connectivity index (χ1n) is 2.16. The number of rotatable bonds is 2. The third-order valence-corrected chi connectivity index (χ3v) is 1.63. The SMILES string of the molecule is CCCP(N)(=O)O. The minimum absolute atomic E-state index is 0.229. The van der Waals surface area contributed by atoms with E-state index in [1.165, 1.54) is 0 Å². The molecule has 0 heterocycles. The van der Waals surface area contributed by atoms with Gasteiger partial charge >= 0.3 is 0 Å². The van der Waals surface area contributed by atoms with Crippen LogP contribution in [0.3, 0.4) is 0 Å². The third kappa shape index (κ3) is 6.15. The van der Waals surface area contributed by atoms with Gasteiger partial charge in [0.05, 0.1) is 0 Å². The van der Waals surface area contributed by atoms with Crippen LogP contribution in [-0.4, -0.2) is 11.1 Å². The molecule has 0 rings (SSSR count). The molecule has 0 spiro atoms. The first kappa shape index (κ1) is 7.15. The van der Waals surface area contributed by atoms with Gasteiger partial charge in [0.25, 0.3) is 7.52 Å². The van der Waals surface area contributed by atoms with Crippen LogP contribution in [0.2, 0.25) is 0 Å². The minimum Gasteiger partial charge on any atom is -0.333 e. The monoisotopic (exact) mass is 123 g/mol. The second-order valence-corrected chi connectivity index (χ2v) is 3.44. The van der Waals surface area contributed by atoms with Crippen LogP contribution in [0.4, 0.5) is 0 Å². The summed E-state index contributed by atoms with van der Waals surface area (Å²) in [6.07, 6.45) is 0.900. The molecule has 44 valence electrons. The highest BCUT2D eigenvalue weighted by molar-refractivity contribution is 7.55. The molecule has 0 amide bonds. The van der Waals surface area contributed by atoms with Crippen LogP contribution in [0.1, 0.15) is 13.3 Å². The van der Waals surface area contributed by atoms with Crippen molar-refractivity contribution >= 4 is 7.52 Å². The van der Waals surface area contributed by atoms with Gasteiger partial charge in [-0.3, -0.25) is 10.1 Å². The van der Waals surface area contributed by atoms with E-state index in [4.69, 9.17) is 10.4 Å². The zero-order valence-corrected chi connectivity index (χ0v) is 5.19. The quantitative estimate of drug-likeness (QED) is 0.527. The zero-order chi connectivity index (χ0) is 5.91. The van der Waals surface area contributed by atoms with Gasteiger partial charge < -0.3 is 4.89 Å². The van der Waals surface area contributed by atoms with Gasteiger partial charge in [-0.2, -0.15) is 0 Å². The smallest absolute Gasteiger partial charge is 0.264 e. The summed E-state index contributed by atoms with van der Waals surface area (Å²) in [6.45, 7) is 1.82. The molecule has 0 bridgehead atoms. The summed E-state index contributed by atoms with van der Waals surface area (Å²) >= 11 is 0. The van der Waals surface area contributed by atoms with Gasteiger partial charge in [-0.15, -0.1) is 0 Å². The van der Waals surface area contributed by atoms with E-state index in [0.29, 0.717) is 6.42 Å². The highest BCUT2D eigenvalue weighted by Gasteiger charge is 2.05. The highest BCUT2D eigenvalue weighted by Crippen LogP contribution is 2.29. The molecule has 1 unspecified atom stereocenters. The van der Waals surface area contributed by atoms with Crippen molar-refractivity contribution in [2.75, 3.05) is 6.16 Å². The van der Waals surface area contributed by atoms with E-state index in [1.54, 1.807) is 0 Å². The molecule has 0 saturated heterocycles. The van der Waals surface area contributed by atoms with E-state index in [2.05, 4.69) is 0 Å². The number of hydrogen-bond donors (Lipinski definition) is 2. The maximum atomic E-state index is 10.1. The first-order chi connectivity index (χ1) is 3.06. The highest BCUT2D eigenvalue weighted by atomic mass is 31.2. The average molecular weight is 123 g/mol. The van der Waals surface area contributed by atoms with Gasteiger partial charge in [0.15, 0.2) is 0 Å².